The molecule has 3 aromatic rings. The number of benzene rings is 2. The van der Waals surface area contributed by atoms with Crippen molar-refractivity contribution in [3.63, 3.8) is 0 Å². The number of hydrogen-bond acceptors (Lipinski definition) is 4. The summed E-state index contributed by atoms with van der Waals surface area (Å²) in [6.45, 7) is 0.667. The van der Waals surface area contributed by atoms with Crippen molar-refractivity contribution in [1.82, 2.24) is 15.0 Å². The maximum atomic E-state index is 9.89. The van der Waals surface area contributed by atoms with Crippen LogP contribution in [-0.4, -0.2) is 27.2 Å². The molecule has 0 bridgehead atoms. The predicted octanol–water partition coefficient (Wildman–Crippen LogP) is 2.39. The van der Waals surface area contributed by atoms with Crippen molar-refractivity contribution in [3.8, 4) is 11.5 Å². The van der Waals surface area contributed by atoms with E-state index >= 15 is 0 Å². The highest BCUT2D eigenvalue weighted by Crippen LogP contribution is 2.22. The van der Waals surface area contributed by atoms with Crippen molar-refractivity contribution < 1.29 is 9.84 Å². The quantitative estimate of drug-likeness (QED) is 0.790. The molecule has 2 aromatic carbocycles. The Labute approximate surface area is 116 Å². The SMILES string of the molecule is COc1ccc(CCn2nnc3cccc(O)c32)cc1. The molecule has 20 heavy (non-hydrogen) atoms. The average Bonchev–Trinajstić information content (AvgIpc) is 2.90. The van der Waals surface area contributed by atoms with Crippen LogP contribution < -0.4 is 4.74 Å². The first-order valence-electron chi connectivity index (χ1n) is 6.42. The van der Waals surface area contributed by atoms with Crippen molar-refractivity contribution in [2.24, 2.45) is 0 Å². The first-order valence-corrected chi connectivity index (χ1v) is 6.42. The van der Waals surface area contributed by atoms with E-state index in [0.717, 1.165) is 12.2 Å². The van der Waals surface area contributed by atoms with Crippen LogP contribution in [0.25, 0.3) is 11.0 Å². The van der Waals surface area contributed by atoms with Crippen molar-refractivity contribution >= 4 is 11.0 Å². The van der Waals surface area contributed by atoms with Gasteiger partial charge in [-0.3, -0.25) is 0 Å². The lowest BCUT2D eigenvalue weighted by molar-refractivity contribution is 0.414. The van der Waals surface area contributed by atoms with Gasteiger partial charge in [-0.15, -0.1) is 5.10 Å². The summed E-state index contributed by atoms with van der Waals surface area (Å²) in [7, 11) is 1.65. The lowest BCUT2D eigenvalue weighted by atomic mass is 10.1. The molecule has 0 atom stereocenters. The summed E-state index contributed by atoms with van der Waals surface area (Å²) >= 11 is 0. The van der Waals surface area contributed by atoms with Crippen LogP contribution >= 0.6 is 0 Å². The van der Waals surface area contributed by atoms with Crippen LogP contribution in [0.5, 0.6) is 11.5 Å². The van der Waals surface area contributed by atoms with Gasteiger partial charge in [-0.05, 0) is 36.2 Å². The molecule has 0 spiro atoms. The monoisotopic (exact) mass is 269 g/mol. The molecule has 0 saturated heterocycles. The second-order valence-electron chi connectivity index (χ2n) is 4.56. The number of hydrogen-bond donors (Lipinski definition) is 1. The summed E-state index contributed by atoms with van der Waals surface area (Å²) in [4.78, 5) is 0. The first-order chi connectivity index (χ1) is 9.78. The van der Waals surface area contributed by atoms with Crippen LogP contribution in [0.15, 0.2) is 42.5 Å². The van der Waals surface area contributed by atoms with Gasteiger partial charge >= 0.3 is 0 Å². The summed E-state index contributed by atoms with van der Waals surface area (Å²) < 4.78 is 6.86. The molecule has 0 radical (unpaired) electrons. The molecule has 0 fully saturated rings. The summed E-state index contributed by atoms with van der Waals surface area (Å²) in [5.41, 5.74) is 2.57. The number of rotatable bonds is 4. The number of nitrogens with zero attached hydrogens (tertiary/aromatic N) is 3. The fraction of sp³-hybridized carbons (Fsp3) is 0.200. The Bertz CT molecular complexity index is 720. The fourth-order valence-electron chi connectivity index (χ4n) is 2.20. The van der Waals surface area contributed by atoms with Crippen LogP contribution in [0.1, 0.15) is 5.56 Å². The Morgan fingerprint density at radius 2 is 1.95 bits per heavy atom. The van der Waals surface area contributed by atoms with Crippen molar-refractivity contribution in [3.05, 3.63) is 48.0 Å². The molecule has 0 aliphatic carbocycles. The number of aromatic hydroxyl groups is 1. The molecule has 3 rings (SSSR count). The number of ether oxygens (including phenoxy) is 1. The summed E-state index contributed by atoms with van der Waals surface area (Å²) in [6, 6.07) is 13.2. The van der Waals surface area contributed by atoms with Gasteiger partial charge < -0.3 is 9.84 Å². The molecule has 0 saturated carbocycles. The van der Waals surface area contributed by atoms with Crippen LogP contribution in [-0.2, 0) is 13.0 Å². The van der Waals surface area contributed by atoms with Crippen LogP contribution in [0.2, 0.25) is 0 Å². The number of aryl methyl sites for hydroxylation is 2. The molecule has 102 valence electrons. The van der Waals surface area contributed by atoms with Gasteiger partial charge in [-0.1, -0.05) is 23.4 Å². The van der Waals surface area contributed by atoms with E-state index in [-0.39, 0.29) is 5.75 Å². The van der Waals surface area contributed by atoms with Gasteiger partial charge in [-0.2, -0.15) is 0 Å². The van der Waals surface area contributed by atoms with Gasteiger partial charge in [0.25, 0.3) is 0 Å². The lowest BCUT2D eigenvalue weighted by Gasteiger charge is -2.05. The number of fused-ring (bicyclic) bond motifs is 1. The summed E-state index contributed by atoms with van der Waals surface area (Å²) in [6.07, 6.45) is 0.816. The summed E-state index contributed by atoms with van der Waals surface area (Å²) in [5, 5.41) is 18.0. The van der Waals surface area contributed by atoms with Gasteiger partial charge in [0, 0.05) is 6.54 Å². The Kier molecular flexibility index (Phi) is 3.25. The van der Waals surface area contributed by atoms with Crippen LogP contribution in [0.4, 0.5) is 0 Å². The first kappa shape index (κ1) is 12.5. The lowest BCUT2D eigenvalue weighted by Crippen LogP contribution is -2.03. The minimum Gasteiger partial charge on any atom is -0.506 e. The number of phenols is 1. The third kappa shape index (κ3) is 2.30. The Hall–Kier alpha value is -2.56. The van der Waals surface area contributed by atoms with Crippen molar-refractivity contribution in [1.29, 1.82) is 0 Å². The summed E-state index contributed by atoms with van der Waals surface area (Å²) in [5.74, 6) is 1.06. The zero-order valence-corrected chi connectivity index (χ0v) is 11.2. The number of phenolic OH excluding ortho intramolecular Hbond substituents is 1. The van der Waals surface area contributed by atoms with E-state index in [4.69, 9.17) is 4.74 Å². The molecule has 1 heterocycles. The third-order valence-electron chi connectivity index (χ3n) is 3.28. The minimum absolute atomic E-state index is 0.210. The molecule has 1 aromatic heterocycles. The second-order valence-corrected chi connectivity index (χ2v) is 4.56. The molecule has 5 heteroatoms. The normalized spacial score (nSPS) is 10.8. The van der Waals surface area contributed by atoms with Crippen molar-refractivity contribution in [2.75, 3.05) is 7.11 Å². The molecule has 5 nitrogen and oxygen atoms in total. The highest BCUT2D eigenvalue weighted by molar-refractivity contribution is 5.80. The third-order valence-corrected chi connectivity index (χ3v) is 3.28. The molecule has 0 amide bonds. The fourth-order valence-corrected chi connectivity index (χ4v) is 2.20. The zero-order chi connectivity index (χ0) is 13.9. The number of para-hydroxylation sites is 1. The van der Waals surface area contributed by atoms with E-state index in [1.165, 1.54) is 5.56 Å². The highest BCUT2D eigenvalue weighted by atomic mass is 16.5. The molecular weight excluding hydrogens is 254 g/mol. The Balaban J connectivity index is 1.79. The predicted molar refractivity (Wildman–Crippen MR) is 75.9 cm³/mol. The maximum absolute atomic E-state index is 9.89. The standard InChI is InChI=1S/C15H15N3O2/c1-20-12-7-5-11(6-8-12)9-10-18-15-13(16-17-18)3-2-4-14(15)19/h2-8,19H,9-10H2,1H3. The van der Waals surface area contributed by atoms with Crippen LogP contribution in [0, 0.1) is 0 Å². The highest BCUT2D eigenvalue weighted by Gasteiger charge is 2.08. The average molecular weight is 269 g/mol. The van der Waals surface area contributed by atoms with Gasteiger partial charge in [-0.25, -0.2) is 4.68 Å². The van der Waals surface area contributed by atoms with E-state index in [1.807, 2.05) is 30.3 Å². The van der Waals surface area contributed by atoms with E-state index in [1.54, 1.807) is 23.9 Å². The van der Waals surface area contributed by atoms with E-state index in [2.05, 4.69) is 10.3 Å². The topological polar surface area (TPSA) is 60.2 Å². The molecule has 0 aliphatic heterocycles. The van der Waals surface area contributed by atoms with Crippen molar-refractivity contribution in [2.45, 2.75) is 13.0 Å². The molecule has 1 N–H and O–H groups in total. The maximum Gasteiger partial charge on any atom is 0.143 e. The van der Waals surface area contributed by atoms with Gasteiger partial charge in [0.2, 0.25) is 0 Å². The minimum atomic E-state index is 0.210. The van der Waals surface area contributed by atoms with Crippen LogP contribution in [0.3, 0.4) is 0 Å². The smallest absolute Gasteiger partial charge is 0.143 e. The largest absolute Gasteiger partial charge is 0.506 e. The molecule has 0 aliphatic rings. The molecule has 0 unspecified atom stereocenters. The number of methoxy groups -OCH3 is 1. The van der Waals surface area contributed by atoms with E-state index < -0.39 is 0 Å². The van der Waals surface area contributed by atoms with E-state index in [9.17, 15) is 5.11 Å². The van der Waals surface area contributed by atoms with Gasteiger partial charge in [0.1, 0.15) is 22.5 Å². The van der Waals surface area contributed by atoms with E-state index in [0.29, 0.717) is 17.6 Å². The van der Waals surface area contributed by atoms with Gasteiger partial charge in [0.15, 0.2) is 0 Å². The zero-order valence-electron chi connectivity index (χ0n) is 11.2. The molecular formula is C15H15N3O2. The van der Waals surface area contributed by atoms with Gasteiger partial charge in [0.05, 0.1) is 7.11 Å². The number of aromatic nitrogens is 3. The Morgan fingerprint density at radius 3 is 2.70 bits per heavy atom. The second kappa shape index (κ2) is 5.21. The Morgan fingerprint density at radius 1 is 1.15 bits per heavy atom.